The second-order valence-electron chi connectivity index (χ2n) is 8.53. The molecule has 5 rings (SSSR count). The van der Waals surface area contributed by atoms with E-state index in [1.807, 2.05) is 24.4 Å². The largest absolute Gasteiger partial charge is 0.351 e. The third-order valence-corrected chi connectivity index (χ3v) is 6.91. The molecule has 0 aliphatic carbocycles. The molecular weight excluding hydrogens is 492 g/mol. The lowest BCUT2D eigenvalue weighted by molar-refractivity contribution is 0.549. The zero-order chi connectivity index (χ0) is 22.9. The fourth-order valence-corrected chi connectivity index (χ4v) is 5.18. The minimum absolute atomic E-state index is 0.0636. The van der Waals surface area contributed by atoms with Crippen LogP contribution in [0.2, 0.25) is 0 Å². The van der Waals surface area contributed by atoms with Gasteiger partial charge in [-0.1, -0.05) is 54.0 Å². The first-order valence-electron chi connectivity index (χ1n) is 11.1. The number of nitrogens with one attached hydrogen (secondary N) is 1. The Kier molecular flexibility index (Phi) is 6.04. The Labute approximate surface area is 208 Å². The molecular formula is C27H25BrN4S. The summed E-state index contributed by atoms with van der Waals surface area (Å²) in [6.45, 7) is 4.42. The number of hydrogen-bond acceptors (Lipinski definition) is 2. The van der Waals surface area contributed by atoms with Crippen molar-refractivity contribution in [2.24, 2.45) is 0 Å². The molecule has 6 heteroatoms. The highest BCUT2D eigenvalue weighted by atomic mass is 79.9. The number of pyridine rings is 1. The molecule has 0 bridgehead atoms. The first-order valence-corrected chi connectivity index (χ1v) is 12.3. The number of anilines is 1. The number of thiocarbonyl (C=S) groups is 1. The maximum atomic E-state index is 5.89. The summed E-state index contributed by atoms with van der Waals surface area (Å²) in [7, 11) is 0. The Morgan fingerprint density at radius 2 is 1.76 bits per heavy atom. The lowest BCUT2D eigenvalue weighted by atomic mass is 9.99. The van der Waals surface area contributed by atoms with Crippen molar-refractivity contribution in [3.8, 4) is 5.69 Å². The van der Waals surface area contributed by atoms with E-state index in [0.29, 0.717) is 11.0 Å². The molecule has 2 atom stereocenters. The van der Waals surface area contributed by atoms with Crippen molar-refractivity contribution in [3.63, 3.8) is 0 Å². The molecule has 0 amide bonds. The molecule has 2 aromatic heterocycles. The molecule has 1 saturated heterocycles. The van der Waals surface area contributed by atoms with Crippen LogP contribution in [0, 0.1) is 0 Å². The third-order valence-electron chi connectivity index (χ3n) is 6.11. The maximum absolute atomic E-state index is 5.89. The van der Waals surface area contributed by atoms with Gasteiger partial charge in [0.05, 0.1) is 11.7 Å². The molecule has 0 unspecified atom stereocenters. The standard InChI is InChI=1S/C27H25BrN4S/c1-18(2)19-11-13-21(14-12-19)32-26(25(30-27(32)33)23-9-3-4-15-29-23)24-10-6-16-31(24)22-8-5-7-20(28)17-22/h3-18,25-26H,1-2H3,(H,30,33)/t25-,26-/m0/s1. The van der Waals surface area contributed by atoms with Crippen LogP contribution in [0.5, 0.6) is 0 Å². The van der Waals surface area contributed by atoms with Crippen LogP contribution in [0.25, 0.3) is 5.69 Å². The van der Waals surface area contributed by atoms with E-state index >= 15 is 0 Å². The van der Waals surface area contributed by atoms with Crippen molar-refractivity contribution >= 4 is 38.9 Å². The van der Waals surface area contributed by atoms with Crippen molar-refractivity contribution in [1.82, 2.24) is 14.9 Å². The van der Waals surface area contributed by atoms with E-state index in [9.17, 15) is 0 Å². The zero-order valence-corrected chi connectivity index (χ0v) is 20.9. The normalized spacial score (nSPS) is 18.1. The van der Waals surface area contributed by atoms with E-state index in [1.165, 1.54) is 5.56 Å². The summed E-state index contributed by atoms with van der Waals surface area (Å²) in [5, 5.41) is 4.26. The van der Waals surface area contributed by atoms with Crippen LogP contribution in [0.15, 0.2) is 95.7 Å². The molecule has 1 aliphatic heterocycles. The molecule has 1 aliphatic rings. The molecule has 4 aromatic rings. The minimum Gasteiger partial charge on any atom is -0.351 e. The van der Waals surface area contributed by atoms with Crippen LogP contribution in [0.1, 0.15) is 48.8 Å². The van der Waals surface area contributed by atoms with E-state index in [-0.39, 0.29) is 12.1 Å². The minimum atomic E-state index is -0.0794. The number of benzene rings is 2. The first-order chi connectivity index (χ1) is 16.0. The number of nitrogens with zero attached hydrogens (tertiary/aromatic N) is 3. The fourth-order valence-electron chi connectivity index (χ4n) is 4.45. The van der Waals surface area contributed by atoms with Crippen molar-refractivity contribution in [2.75, 3.05) is 4.90 Å². The Bertz CT molecular complexity index is 1270. The molecule has 4 nitrogen and oxygen atoms in total. The van der Waals surface area contributed by atoms with Gasteiger partial charge in [-0.2, -0.15) is 0 Å². The highest BCUT2D eigenvalue weighted by Crippen LogP contribution is 2.42. The SMILES string of the molecule is CC(C)c1ccc(N2C(=S)N[C@@H](c3ccccn3)[C@@H]2c2cccn2-c2cccc(Br)c2)cc1. The molecule has 1 fully saturated rings. The van der Waals surface area contributed by atoms with Crippen molar-refractivity contribution in [3.05, 3.63) is 113 Å². The van der Waals surface area contributed by atoms with Gasteiger partial charge in [0.2, 0.25) is 0 Å². The summed E-state index contributed by atoms with van der Waals surface area (Å²) in [6, 6.07) is 27.2. The molecule has 3 heterocycles. The highest BCUT2D eigenvalue weighted by molar-refractivity contribution is 9.10. The summed E-state index contributed by atoms with van der Waals surface area (Å²) < 4.78 is 3.28. The van der Waals surface area contributed by atoms with Crippen LogP contribution in [0.4, 0.5) is 5.69 Å². The van der Waals surface area contributed by atoms with Gasteiger partial charge >= 0.3 is 0 Å². The Balaban J connectivity index is 1.64. The van der Waals surface area contributed by atoms with E-state index in [1.54, 1.807) is 0 Å². The maximum Gasteiger partial charge on any atom is 0.174 e. The highest BCUT2D eigenvalue weighted by Gasteiger charge is 2.42. The smallest absolute Gasteiger partial charge is 0.174 e. The van der Waals surface area contributed by atoms with Crippen LogP contribution >= 0.6 is 28.1 Å². The number of aromatic nitrogens is 2. The van der Waals surface area contributed by atoms with E-state index in [2.05, 4.69) is 116 Å². The quantitative estimate of drug-likeness (QED) is 0.291. The molecule has 33 heavy (non-hydrogen) atoms. The van der Waals surface area contributed by atoms with Gasteiger partial charge in [-0.05, 0) is 78.3 Å². The van der Waals surface area contributed by atoms with Gasteiger partial charge in [0.25, 0.3) is 0 Å². The van der Waals surface area contributed by atoms with E-state index in [4.69, 9.17) is 12.2 Å². The van der Waals surface area contributed by atoms with Crippen molar-refractivity contribution in [1.29, 1.82) is 0 Å². The molecule has 1 N–H and O–H groups in total. The van der Waals surface area contributed by atoms with Gasteiger partial charge in [-0.15, -0.1) is 0 Å². The third kappa shape index (κ3) is 4.21. The van der Waals surface area contributed by atoms with Gasteiger partial charge in [0.15, 0.2) is 5.11 Å². The monoisotopic (exact) mass is 516 g/mol. The summed E-state index contributed by atoms with van der Waals surface area (Å²) in [4.78, 5) is 6.90. The fraction of sp³-hybridized carbons (Fsp3) is 0.185. The lowest BCUT2D eigenvalue weighted by Gasteiger charge is -2.29. The Morgan fingerprint density at radius 3 is 2.45 bits per heavy atom. The van der Waals surface area contributed by atoms with Crippen molar-refractivity contribution < 1.29 is 0 Å². The van der Waals surface area contributed by atoms with E-state index in [0.717, 1.165) is 27.2 Å². The predicted molar refractivity (Wildman–Crippen MR) is 142 cm³/mol. The summed E-state index contributed by atoms with van der Waals surface area (Å²) in [5.74, 6) is 0.480. The number of hydrogen-bond donors (Lipinski definition) is 1. The number of halogens is 1. The summed E-state index contributed by atoms with van der Waals surface area (Å²) >= 11 is 9.50. The van der Waals surface area contributed by atoms with Crippen LogP contribution in [-0.4, -0.2) is 14.7 Å². The molecule has 2 aromatic carbocycles. The lowest BCUT2D eigenvalue weighted by Crippen LogP contribution is -2.30. The van der Waals surface area contributed by atoms with Crippen LogP contribution < -0.4 is 10.2 Å². The van der Waals surface area contributed by atoms with Crippen LogP contribution in [-0.2, 0) is 0 Å². The average molecular weight is 517 g/mol. The van der Waals surface area contributed by atoms with Crippen molar-refractivity contribution in [2.45, 2.75) is 31.8 Å². The first kappa shape index (κ1) is 21.9. The molecule has 0 spiro atoms. The molecule has 0 saturated carbocycles. The van der Waals surface area contributed by atoms with Gasteiger partial charge in [0, 0.05) is 33.9 Å². The summed E-state index contributed by atoms with van der Waals surface area (Å²) in [5.41, 5.74) is 5.59. The second-order valence-corrected chi connectivity index (χ2v) is 9.83. The average Bonchev–Trinajstić information content (AvgIpc) is 3.44. The molecule has 0 radical (unpaired) electrons. The van der Waals surface area contributed by atoms with Gasteiger partial charge in [0.1, 0.15) is 6.04 Å². The predicted octanol–water partition coefficient (Wildman–Crippen LogP) is 6.94. The van der Waals surface area contributed by atoms with Crippen LogP contribution in [0.3, 0.4) is 0 Å². The van der Waals surface area contributed by atoms with Gasteiger partial charge in [-0.25, -0.2) is 0 Å². The Morgan fingerprint density at radius 1 is 0.939 bits per heavy atom. The zero-order valence-electron chi connectivity index (χ0n) is 18.5. The molecule has 166 valence electrons. The van der Waals surface area contributed by atoms with Gasteiger partial charge in [-0.3, -0.25) is 4.98 Å². The topological polar surface area (TPSA) is 33.1 Å². The van der Waals surface area contributed by atoms with E-state index < -0.39 is 0 Å². The summed E-state index contributed by atoms with van der Waals surface area (Å²) in [6.07, 6.45) is 3.94. The van der Waals surface area contributed by atoms with Gasteiger partial charge < -0.3 is 14.8 Å². The second kappa shape index (κ2) is 9.12. The Hall–Kier alpha value is -2.96. The number of rotatable bonds is 5.